The normalized spacial score (nSPS) is 12.1. The molecule has 1 aliphatic rings. The highest BCUT2D eigenvalue weighted by Crippen LogP contribution is 2.37. The Morgan fingerprint density at radius 3 is 2.67 bits per heavy atom. The van der Waals surface area contributed by atoms with Crippen molar-refractivity contribution in [3.05, 3.63) is 95.4 Å². The largest absolute Gasteiger partial charge is 0.488 e. The molecular weight excluding hydrogens is 414 g/mol. The van der Waals surface area contributed by atoms with Gasteiger partial charge in [-0.3, -0.25) is 9.89 Å². The molecule has 0 spiro atoms. The lowest BCUT2D eigenvalue weighted by Gasteiger charge is -2.17. The Balaban J connectivity index is 1.13. The number of aryl methyl sites for hydroxylation is 2. The van der Waals surface area contributed by atoms with Gasteiger partial charge in [0.25, 0.3) is 5.91 Å². The summed E-state index contributed by atoms with van der Waals surface area (Å²) in [5, 5.41) is 10.2. The molecule has 2 aromatic heterocycles. The Kier molecular flexibility index (Phi) is 4.65. The molecule has 0 saturated heterocycles. The van der Waals surface area contributed by atoms with Gasteiger partial charge in [0.2, 0.25) is 0 Å². The molecule has 6 rings (SSSR count). The number of carbonyl (C=O) groups is 1. The molecule has 3 heterocycles. The molecule has 0 radical (unpaired) electrons. The number of rotatable bonds is 5. The average Bonchev–Trinajstić information content (AvgIpc) is 3.48. The first-order valence-corrected chi connectivity index (χ1v) is 10.9. The maximum absolute atomic E-state index is 12.9. The summed E-state index contributed by atoms with van der Waals surface area (Å²) < 4.78 is 5.80. The third kappa shape index (κ3) is 3.63. The molecule has 33 heavy (non-hydrogen) atoms. The Hall–Kier alpha value is -4.39. The predicted octanol–water partition coefficient (Wildman–Crippen LogP) is 4.88. The lowest BCUT2D eigenvalue weighted by molar-refractivity contribution is 0.102. The Bertz CT molecular complexity index is 1430. The van der Waals surface area contributed by atoms with E-state index in [4.69, 9.17) is 4.74 Å². The van der Waals surface area contributed by atoms with Crippen LogP contribution in [-0.4, -0.2) is 26.1 Å². The van der Waals surface area contributed by atoms with E-state index in [1.165, 1.54) is 5.56 Å². The summed E-state index contributed by atoms with van der Waals surface area (Å²) in [6.45, 7) is 0.312. The summed E-state index contributed by atoms with van der Waals surface area (Å²) >= 11 is 0. The van der Waals surface area contributed by atoms with Crippen LogP contribution < -0.4 is 10.1 Å². The topological polar surface area (TPSA) is 95.7 Å². The summed E-state index contributed by atoms with van der Waals surface area (Å²) in [6.07, 6.45) is 1.68. The van der Waals surface area contributed by atoms with Crippen LogP contribution in [0.2, 0.25) is 0 Å². The van der Waals surface area contributed by atoms with Gasteiger partial charge in [0.1, 0.15) is 29.6 Å². The van der Waals surface area contributed by atoms with Crippen LogP contribution in [0.5, 0.6) is 5.75 Å². The predicted molar refractivity (Wildman–Crippen MR) is 126 cm³/mol. The highest BCUT2D eigenvalue weighted by atomic mass is 16.5. The Morgan fingerprint density at radius 2 is 1.79 bits per heavy atom. The molecule has 1 aliphatic heterocycles. The van der Waals surface area contributed by atoms with E-state index in [-0.39, 0.29) is 5.91 Å². The number of ether oxygens (including phenoxy) is 1. The van der Waals surface area contributed by atoms with Crippen LogP contribution in [0.15, 0.2) is 72.8 Å². The van der Waals surface area contributed by atoms with E-state index in [9.17, 15) is 4.79 Å². The van der Waals surface area contributed by atoms with Crippen LogP contribution in [-0.2, 0) is 19.4 Å². The SMILES string of the molecule is O=C(Nc1ccc(CCc2nc3ccccc3[nH]2)cc1)c1[nH]nc2c1COc1ccccc1-2. The van der Waals surface area contributed by atoms with Gasteiger partial charge in [-0.05, 0) is 48.4 Å². The van der Waals surface area contributed by atoms with Crippen molar-refractivity contribution < 1.29 is 9.53 Å². The van der Waals surface area contributed by atoms with E-state index >= 15 is 0 Å². The van der Waals surface area contributed by atoms with Crippen molar-refractivity contribution in [2.45, 2.75) is 19.4 Å². The second kappa shape index (κ2) is 7.94. The van der Waals surface area contributed by atoms with Crippen molar-refractivity contribution in [1.29, 1.82) is 0 Å². The van der Waals surface area contributed by atoms with E-state index in [1.54, 1.807) is 0 Å². The van der Waals surface area contributed by atoms with Crippen molar-refractivity contribution in [2.24, 2.45) is 0 Å². The molecule has 0 atom stereocenters. The summed E-state index contributed by atoms with van der Waals surface area (Å²) in [4.78, 5) is 20.9. The minimum atomic E-state index is -0.234. The molecule has 3 N–H and O–H groups in total. The highest BCUT2D eigenvalue weighted by molar-refractivity contribution is 6.05. The summed E-state index contributed by atoms with van der Waals surface area (Å²) in [5.41, 5.74) is 6.80. The molecule has 0 bridgehead atoms. The van der Waals surface area contributed by atoms with Gasteiger partial charge in [-0.1, -0.05) is 36.4 Å². The van der Waals surface area contributed by atoms with Crippen molar-refractivity contribution in [1.82, 2.24) is 20.2 Å². The van der Waals surface area contributed by atoms with Crippen LogP contribution in [0, 0.1) is 0 Å². The minimum absolute atomic E-state index is 0.234. The second-order valence-corrected chi connectivity index (χ2v) is 8.06. The molecular formula is C26H21N5O2. The van der Waals surface area contributed by atoms with Gasteiger partial charge in [-0.15, -0.1) is 0 Å². The highest BCUT2D eigenvalue weighted by Gasteiger charge is 2.26. The lowest BCUT2D eigenvalue weighted by atomic mass is 10.0. The van der Waals surface area contributed by atoms with Crippen molar-refractivity contribution in [2.75, 3.05) is 5.32 Å². The van der Waals surface area contributed by atoms with Crippen LogP contribution in [0.4, 0.5) is 5.69 Å². The number of carbonyl (C=O) groups excluding carboxylic acids is 1. The number of anilines is 1. The number of H-pyrrole nitrogens is 2. The van der Waals surface area contributed by atoms with Gasteiger partial charge < -0.3 is 15.0 Å². The van der Waals surface area contributed by atoms with Crippen LogP contribution in [0.1, 0.15) is 27.4 Å². The maximum Gasteiger partial charge on any atom is 0.274 e. The molecule has 7 heteroatoms. The van der Waals surface area contributed by atoms with E-state index < -0.39 is 0 Å². The van der Waals surface area contributed by atoms with Gasteiger partial charge in [-0.25, -0.2) is 4.98 Å². The first-order chi connectivity index (χ1) is 16.2. The molecule has 162 valence electrons. The van der Waals surface area contributed by atoms with Gasteiger partial charge >= 0.3 is 0 Å². The van der Waals surface area contributed by atoms with Gasteiger partial charge in [0.05, 0.1) is 11.0 Å². The van der Waals surface area contributed by atoms with Crippen LogP contribution >= 0.6 is 0 Å². The zero-order valence-corrected chi connectivity index (χ0v) is 17.8. The van der Waals surface area contributed by atoms with Gasteiger partial charge in [0.15, 0.2) is 0 Å². The quantitative estimate of drug-likeness (QED) is 0.367. The number of nitrogens with zero attached hydrogens (tertiary/aromatic N) is 2. The van der Waals surface area contributed by atoms with E-state index in [0.29, 0.717) is 12.3 Å². The van der Waals surface area contributed by atoms with Crippen molar-refractivity contribution in [3.8, 4) is 17.0 Å². The maximum atomic E-state index is 12.9. The second-order valence-electron chi connectivity index (χ2n) is 8.06. The first-order valence-electron chi connectivity index (χ1n) is 10.9. The smallest absolute Gasteiger partial charge is 0.274 e. The standard InChI is InChI=1S/C26H21N5O2/c32-26(25-19-15-33-22-8-4-1-5-18(22)24(19)30-31-25)27-17-12-9-16(10-13-17)11-14-23-28-20-6-2-3-7-21(20)29-23/h1-10,12-13H,11,14-15H2,(H,27,32)(H,28,29)(H,30,31). The first kappa shape index (κ1) is 19.3. The summed E-state index contributed by atoms with van der Waals surface area (Å²) in [7, 11) is 0. The van der Waals surface area contributed by atoms with E-state index in [0.717, 1.165) is 58.0 Å². The molecule has 0 aliphatic carbocycles. The van der Waals surface area contributed by atoms with Crippen molar-refractivity contribution >= 4 is 22.6 Å². The van der Waals surface area contributed by atoms with Gasteiger partial charge in [-0.2, -0.15) is 5.10 Å². The number of imidazole rings is 1. The monoisotopic (exact) mass is 435 g/mol. The number of hydrogen-bond acceptors (Lipinski definition) is 4. The number of aromatic amines is 2. The Morgan fingerprint density at radius 1 is 0.970 bits per heavy atom. The molecule has 1 amide bonds. The number of amides is 1. The summed E-state index contributed by atoms with van der Waals surface area (Å²) in [5.74, 6) is 1.52. The number of aromatic nitrogens is 4. The fraction of sp³-hybridized carbons (Fsp3) is 0.115. The number of benzene rings is 3. The van der Waals surface area contributed by atoms with Gasteiger partial charge in [0, 0.05) is 23.2 Å². The zero-order valence-electron chi connectivity index (χ0n) is 17.8. The van der Waals surface area contributed by atoms with Crippen molar-refractivity contribution in [3.63, 3.8) is 0 Å². The fourth-order valence-corrected chi connectivity index (χ4v) is 4.19. The van der Waals surface area contributed by atoms with Crippen LogP contribution in [0.3, 0.4) is 0 Å². The van der Waals surface area contributed by atoms with E-state index in [1.807, 2.05) is 72.8 Å². The molecule has 3 aromatic carbocycles. The number of nitrogens with one attached hydrogen (secondary N) is 3. The van der Waals surface area contributed by atoms with E-state index in [2.05, 4.69) is 25.5 Å². The molecule has 7 nitrogen and oxygen atoms in total. The molecule has 0 fully saturated rings. The number of para-hydroxylation sites is 3. The molecule has 5 aromatic rings. The fourth-order valence-electron chi connectivity index (χ4n) is 4.19. The zero-order chi connectivity index (χ0) is 22.2. The molecule has 0 unspecified atom stereocenters. The average molecular weight is 435 g/mol. The minimum Gasteiger partial charge on any atom is -0.488 e. The number of fused-ring (bicyclic) bond motifs is 4. The molecule has 0 saturated carbocycles. The lowest BCUT2D eigenvalue weighted by Crippen LogP contribution is -2.16. The summed E-state index contributed by atoms with van der Waals surface area (Å²) in [6, 6.07) is 23.6. The van der Waals surface area contributed by atoms with Crippen LogP contribution in [0.25, 0.3) is 22.3 Å². The number of hydrogen-bond donors (Lipinski definition) is 3. The third-order valence-electron chi connectivity index (χ3n) is 5.91. The third-order valence-corrected chi connectivity index (χ3v) is 5.91. The Labute approximate surface area is 189 Å².